The van der Waals surface area contributed by atoms with E-state index >= 15 is 4.32 Å². The molecule has 0 saturated heterocycles. The monoisotopic (exact) mass is 1420 g/mol. The Morgan fingerprint density at radius 3 is 1.36 bits per heavy atom. The quantitative estimate of drug-likeness (QED) is 0.0525. The van der Waals surface area contributed by atoms with Crippen molar-refractivity contribution in [2.45, 2.75) is 0 Å². The van der Waals surface area contributed by atoms with Crippen molar-refractivity contribution in [3.05, 3.63) is 373 Å². The van der Waals surface area contributed by atoms with Crippen LogP contribution in [0.3, 0.4) is 0 Å². The van der Waals surface area contributed by atoms with E-state index in [4.69, 9.17) is 25.4 Å². The summed E-state index contributed by atoms with van der Waals surface area (Å²) in [6, 6.07) is 114. The number of hydrogen-bond donors (Lipinski definition) is 0. The third-order valence-corrected chi connectivity index (χ3v) is 22.1. The number of furan rings is 2. The summed E-state index contributed by atoms with van der Waals surface area (Å²) in [5, 5.41) is 21.9. The number of halogens is 1. The molecule has 513 valence electrons. The molecule has 6 aromatic heterocycles. The predicted molar refractivity (Wildman–Crippen MR) is 444 cm³/mol. The molecule has 0 aliphatic carbocycles. The van der Waals surface area contributed by atoms with E-state index in [1.165, 1.54) is 10.8 Å². The normalized spacial score (nSPS) is 12.5. The molecule has 0 atom stereocenters. The number of para-hydroxylation sites is 4. The fraction of sp³-hybridized carbons (Fsp3) is 0. The first-order chi connectivity index (χ1) is 54.8. The lowest BCUT2D eigenvalue weighted by molar-refractivity contribution is -0.535. The number of benzene rings is 14. The van der Waals surface area contributed by atoms with Crippen LogP contribution < -0.4 is 29.7 Å². The van der Waals surface area contributed by atoms with E-state index in [0.717, 1.165) is 166 Å². The first-order valence-corrected chi connectivity index (χ1v) is 36.8. The summed E-state index contributed by atoms with van der Waals surface area (Å²) in [6.45, 7) is 8.73. The summed E-state index contributed by atoms with van der Waals surface area (Å²) in [7, 11) is 0.606. The van der Waals surface area contributed by atoms with Crippen molar-refractivity contribution in [2.24, 2.45) is 9.98 Å². The fourth-order valence-corrected chi connectivity index (χ4v) is 16.8. The predicted octanol–water partition coefficient (Wildman–Crippen LogP) is 22.4. The highest BCUT2D eigenvalue weighted by Crippen LogP contribution is 2.44. The van der Waals surface area contributed by atoms with Gasteiger partial charge in [-0.3, -0.25) is 13.3 Å². The molecule has 0 bridgehead atoms. The molecule has 1 radical (unpaired) electrons. The van der Waals surface area contributed by atoms with E-state index in [9.17, 15) is 5.26 Å². The Bertz CT molecular complexity index is 7510. The molecule has 0 saturated carbocycles. The molecule has 20 aromatic rings. The lowest BCUT2D eigenvalue weighted by atomic mass is 9.99. The summed E-state index contributed by atoms with van der Waals surface area (Å²) in [5.41, 5.74) is 21.4. The van der Waals surface area contributed by atoms with Crippen LogP contribution in [-0.2, 0) is 0 Å². The second-order valence-corrected chi connectivity index (χ2v) is 28.2. The Morgan fingerprint density at radius 2 is 0.829 bits per heavy atom. The lowest BCUT2D eigenvalue weighted by Gasteiger charge is -2.26. The van der Waals surface area contributed by atoms with Gasteiger partial charge in [-0.05, 0) is 175 Å². The SMILES string of the molecule is [C-]#[N+]/C(=C(/C#N)c1ccc(N(c2ccc(-c3ccc4[n+](c3)B(F)n3c(c5cccc6cccc3c65)=N4)cc2)c2ccc(-c3cccc4c3oc3ccccc34)cc2)cc1)c1ccc(N(c2ccc(-c3ccc4[n+](c3)[B]n3c(c5cccc6cccc3c65)=N4)cc2)c2ccc(-c3cccc4c3oc3ccccc34)cc2)cc1. The average molecular weight is 1420 g/mol. The van der Waals surface area contributed by atoms with Crippen LogP contribution in [0.15, 0.2) is 359 Å². The molecule has 2 aliphatic heterocycles. The summed E-state index contributed by atoms with van der Waals surface area (Å²) in [4.78, 5) is 18.7. The third kappa shape index (κ3) is 10.1. The fourth-order valence-electron chi connectivity index (χ4n) is 16.8. The minimum Gasteiger partial charge on any atom is -0.455 e. The number of nitriles is 1. The summed E-state index contributed by atoms with van der Waals surface area (Å²) < 4.78 is 37.7. The molecular formula is C96H56B2FN10O2+2. The summed E-state index contributed by atoms with van der Waals surface area (Å²) >= 11 is 0. The van der Waals surface area contributed by atoms with Gasteiger partial charge in [0.15, 0.2) is 0 Å². The van der Waals surface area contributed by atoms with Crippen LogP contribution in [0.1, 0.15) is 11.1 Å². The number of hydrogen-bond acceptors (Lipinski definition) is 7. The van der Waals surface area contributed by atoms with Crippen LogP contribution in [0.2, 0.25) is 0 Å². The van der Waals surface area contributed by atoms with Gasteiger partial charge in [0.2, 0.25) is 16.7 Å². The van der Waals surface area contributed by atoms with E-state index in [1.54, 1.807) is 8.96 Å². The number of anilines is 6. The Kier molecular flexibility index (Phi) is 14.2. The van der Waals surface area contributed by atoms with Gasteiger partial charge in [0.05, 0.1) is 41.4 Å². The van der Waals surface area contributed by atoms with Crippen molar-refractivity contribution in [2.75, 3.05) is 9.80 Å². The van der Waals surface area contributed by atoms with Gasteiger partial charge in [-0.25, -0.2) is 9.32 Å². The average Bonchev–Trinajstić information content (AvgIpc) is 1.58. The van der Waals surface area contributed by atoms with Crippen molar-refractivity contribution in [1.29, 1.82) is 5.26 Å². The maximum absolute atomic E-state index is 17.1. The van der Waals surface area contributed by atoms with Crippen molar-refractivity contribution in [3.8, 4) is 50.6 Å². The zero-order chi connectivity index (χ0) is 73.5. The van der Waals surface area contributed by atoms with Crippen molar-refractivity contribution in [1.82, 2.24) is 8.96 Å². The van der Waals surface area contributed by atoms with E-state index in [2.05, 4.69) is 250 Å². The van der Waals surface area contributed by atoms with Gasteiger partial charge < -0.3 is 23.1 Å². The molecule has 0 fully saturated rings. The smallest absolute Gasteiger partial charge is 0.455 e. The van der Waals surface area contributed by atoms with Crippen molar-refractivity contribution >= 4 is 159 Å². The highest BCUT2D eigenvalue weighted by atomic mass is 19.1. The first-order valence-electron chi connectivity index (χ1n) is 36.8. The van der Waals surface area contributed by atoms with Gasteiger partial charge >= 0.3 is 26.4 Å². The molecule has 8 heterocycles. The van der Waals surface area contributed by atoms with Gasteiger partial charge in [0.25, 0.3) is 0 Å². The molecule has 0 unspecified atom stereocenters. The molecular weight excluding hydrogens is 1370 g/mol. The van der Waals surface area contributed by atoms with Crippen molar-refractivity contribution < 1.29 is 22.1 Å². The highest BCUT2D eigenvalue weighted by Gasteiger charge is 2.40. The van der Waals surface area contributed by atoms with E-state index < -0.39 is 7.26 Å². The van der Waals surface area contributed by atoms with Crippen LogP contribution in [0, 0.1) is 17.9 Å². The molecule has 0 amide bonds. The molecule has 2 aliphatic rings. The molecule has 111 heavy (non-hydrogen) atoms. The van der Waals surface area contributed by atoms with Gasteiger partial charge in [-0.15, -0.1) is 0 Å². The number of fused-ring (bicyclic) bond motifs is 14. The van der Waals surface area contributed by atoms with Crippen LogP contribution >= 0.6 is 0 Å². The first kappa shape index (κ1) is 63.1. The molecule has 22 rings (SSSR count). The van der Waals surface area contributed by atoms with Gasteiger partial charge in [-0.1, -0.05) is 194 Å². The number of allylic oxidation sites excluding steroid dienone is 1. The molecule has 0 spiro atoms. The Hall–Kier alpha value is -15.2. The van der Waals surface area contributed by atoms with Crippen LogP contribution in [0.5, 0.6) is 0 Å². The van der Waals surface area contributed by atoms with Gasteiger partial charge in [0.1, 0.15) is 22.3 Å². The van der Waals surface area contributed by atoms with Crippen LogP contribution in [0.25, 0.3) is 148 Å². The maximum atomic E-state index is 17.1. The number of aromatic nitrogens is 4. The second kappa shape index (κ2) is 25.0. The van der Waals surface area contributed by atoms with E-state index in [0.29, 0.717) is 22.4 Å². The lowest BCUT2D eigenvalue weighted by Crippen LogP contribution is -2.58. The standard InChI is InChI=1S/C96H56B2FN10O2/c1-101-92(66-38-52-74(53-39-66)107(72-48-34-62(35-49-72)76-19-11-21-80-78-17-3-5-27-87(78)111-94(76)80)69-42-28-59(29-43-69)67-40-54-88-102-95-81-22-6-12-64-14-8-24-84(90(64)81)108(95)97-104(88)57-67)83(56-100)63-36-50-73(51-37-63)106(71-46-32-61(33-47-71)75-18-10-20-79-77-16-2-4-26-86(77)110-93(75)79)70-44-30-60(31-45-70)68-41-55-89-103-96-82-23-7-13-65-15-9-25-85(91(65)82)109(96)98(99)105(89)58-68/h2-55,57-58H/q+2/b92-83-. The molecule has 12 nitrogen and oxygen atoms in total. The van der Waals surface area contributed by atoms with E-state index in [-0.39, 0.29) is 11.3 Å². The largest absolute Gasteiger partial charge is 0.727 e. The summed E-state index contributed by atoms with van der Waals surface area (Å²) in [6.07, 6.45) is 3.98. The zero-order valence-corrected chi connectivity index (χ0v) is 59.2. The highest BCUT2D eigenvalue weighted by molar-refractivity contribution is 6.42. The second-order valence-electron chi connectivity index (χ2n) is 28.2. The molecule has 0 N–H and O–H groups in total. The van der Waals surface area contributed by atoms with Gasteiger partial charge in [-0.2, -0.15) is 5.26 Å². The Morgan fingerprint density at radius 1 is 0.414 bits per heavy atom. The third-order valence-electron chi connectivity index (χ3n) is 22.1. The van der Waals surface area contributed by atoms with Crippen LogP contribution in [0.4, 0.5) is 50.1 Å². The number of rotatable bonds is 12. The molecule has 14 aromatic carbocycles. The number of nitrogens with zero attached hydrogens (tertiary/aromatic N) is 10. The topological polar surface area (TPSA) is 103 Å². The Labute approximate surface area is 635 Å². The zero-order valence-electron chi connectivity index (χ0n) is 59.2. The minimum atomic E-state index is -1.52. The van der Waals surface area contributed by atoms with Crippen LogP contribution in [-0.4, -0.2) is 23.8 Å². The maximum Gasteiger partial charge on any atom is 0.727 e. The molecule has 15 heteroatoms. The minimum absolute atomic E-state index is 0.224. The van der Waals surface area contributed by atoms with E-state index in [1.807, 2.05) is 128 Å². The number of pyridine rings is 2. The van der Waals surface area contributed by atoms with Crippen molar-refractivity contribution in [3.63, 3.8) is 0 Å². The summed E-state index contributed by atoms with van der Waals surface area (Å²) in [5.74, 6) is 1.37. The Balaban J connectivity index is 0.594. The van der Waals surface area contributed by atoms with Gasteiger partial charge in [0, 0.05) is 112 Å².